The summed E-state index contributed by atoms with van der Waals surface area (Å²) in [5.74, 6) is 0. The number of ether oxygens (including phenoxy) is 1. The normalized spacial score (nSPS) is 9.43. The van der Waals surface area contributed by atoms with Crippen molar-refractivity contribution in [3.05, 3.63) is 33.3 Å². The number of aromatic nitrogens is 2. The van der Waals surface area contributed by atoms with Gasteiger partial charge in [0.25, 0.3) is 5.56 Å². The average Bonchev–Trinajstić information content (AvgIpc) is 2.54. The molecule has 0 bridgehead atoms. The fourth-order valence-corrected chi connectivity index (χ4v) is 2.07. The lowest BCUT2D eigenvalue weighted by molar-refractivity contribution is 0.186. The van der Waals surface area contributed by atoms with Crippen molar-refractivity contribution in [1.82, 2.24) is 9.55 Å². The van der Waals surface area contributed by atoms with E-state index in [0.29, 0.717) is 34.2 Å². The van der Waals surface area contributed by atoms with Gasteiger partial charge in [0, 0.05) is 12.8 Å². The third-order valence-electron chi connectivity index (χ3n) is 2.50. The van der Waals surface area contributed by atoms with Gasteiger partial charge in [-0.25, -0.2) is 4.98 Å². The van der Waals surface area contributed by atoms with Crippen LogP contribution in [0.15, 0.2) is 27.7 Å². The standard InChI is InChI=1S/C11H12BrN3O2.2C2H6/c1-17-5-4-15-6-14-8-3-2-7(13)10(12)9(8)11(15)16;2*1-2/h2-3,6H,4-5,13H2,1H3;2*1-2H3. The minimum Gasteiger partial charge on any atom is -0.398 e. The first-order chi connectivity index (χ1) is 10.1. The molecule has 2 aromatic rings. The molecule has 2 N–H and O–H groups in total. The SMILES string of the molecule is CC.CC.COCCn1cnc2ccc(N)c(Br)c2c1=O. The summed E-state index contributed by atoms with van der Waals surface area (Å²) in [6, 6.07) is 3.45. The third-order valence-corrected chi connectivity index (χ3v) is 3.35. The van der Waals surface area contributed by atoms with Crippen LogP contribution in [0.3, 0.4) is 0 Å². The predicted molar refractivity (Wildman–Crippen MR) is 92.7 cm³/mol. The van der Waals surface area contributed by atoms with E-state index < -0.39 is 0 Å². The molecule has 5 nitrogen and oxygen atoms in total. The Morgan fingerprint density at radius 2 is 1.90 bits per heavy atom. The molecule has 6 heteroatoms. The molecule has 1 aromatic carbocycles. The summed E-state index contributed by atoms with van der Waals surface area (Å²) in [7, 11) is 1.59. The van der Waals surface area contributed by atoms with Crippen molar-refractivity contribution in [3.8, 4) is 0 Å². The molecule has 0 unspecified atom stereocenters. The molecule has 0 saturated heterocycles. The third kappa shape index (κ3) is 4.82. The maximum Gasteiger partial charge on any atom is 0.262 e. The highest BCUT2D eigenvalue weighted by molar-refractivity contribution is 9.10. The van der Waals surface area contributed by atoms with Gasteiger partial charge in [0.05, 0.1) is 34.9 Å². The summed E-state index contributed by atoms with van der Waals surface area (Å²) in [6.07, 6.45) is 1.52. The van der Waals surface area contributed by atoms with Gasteiger partial charge in [0.15, 0.2) is 0 Å². The Hall–Kier alpha value is -1.40. The molecule has 0 radical (unpaired) electrons. The van der Waals surface area contributed by atoms with E-state index >= 15 is 0 Å². The molecule has 0 fully saturated rings. The number of nitrogens with zero attached hydrogens (tertiary/aromatic N) is 2. The van der Waals surface area contributed by atoms with Crippen molar-refractivity contribution < 1.29 is 4.74 Å². The minimum atomic E-state index is -0.119. The number of fused-ring (bicyclic) bond motifs is 1. The number of anilines is 1. The molecule has 1 aromatic heterocycles. The van der Waals surface area contributed by atoms with Gasteiger partial charge in [0.1, 0.15) is 0 Å². The Morgan fingerprint density at radius 1 is 1.29 bits per heavy atom. The number of hydrogen-bond acceptors (Lipinski definition) is 4. The van der Waals surface area contributed by atoms with Gasteiger partial charge in [-0.1, -0.05) is 27.7 Å². The van der Waals surface area contributed by atoms with Crippen LogP contribution >= 0.6 is 15.9 Å². The van der Waals surface area contributed by atoms with Crippen LogP contribution in [0.2, 0.25) is 0 Å². The number of benzene rings is 1. The van der Waals surface area contributed by atoms with Crippen LogP contribution in [0.4, 0.5) is 5.69 Å². The summed E-state index contributed by atoms with van der Waals surface area (Å²) in [6.45, 7) is 8.94. The zero-order valence-corrected chi connectivity index (χ0v) is 14.9. The lowest BCUT2D eigenvalue weighted by atomic mass is 10.2. The Bertz CT molecular complexity index is 612. The zero-order valence-electron chi connectivity index (χ0n) is 13.3. The van der Waals surface area contributed by atoms with E-state index in [4.69, 9.17) is 10.5 Å². The highest BCUT2D eigenvalue weighted by Gasteiger charge is 2.09. The van der Waals surface area contributed by atoms with E-state index in [-0.39, 0.29) is 5.56 Å². The van der Waals surface area contributed by atoms with E-state index in [0.717, 1.165) is 0 Å². The molecular formula is C15H24BrN3O2. The number of halogens is 1. The van der Waals surface area contributed by atoms with Gasteiger partial charge in [-0.15, -0.1) is 0 Å². The zero-order chi connectivity index (χ0) is 16.4. The van der Waals surface area contributed by atoms with E-state index in [1.165, 1.54) is 10.9 Å². The first-order valence-corrected chi connectivity index (χ1v) is 7.86. The Kier molecular flexibility index (Phi) is 9.65. The monoisotopic (exact) mass is 357 g/mol. The van der Waals surface area contributed by atoms with Crippen LogP contribution in [0, 0.1) is 0 Å². The highest BCUT2D eigenvalue weighted by Crippen LogP contribution is 2.25. The smallest absolute Gasteiger partial charge is 0.262 e. The number of methoxy groups -OCH3 is 1. The van der Waals surface area contributed by atoms with Crippen molar-refractivity contribution >= 4 is 32.5 Å². The molecule has 0 aliphatic heterocycles. The molecule has 21 heavy (non-hydrogen) atoms. The Morgan fingerprint density at radius 3 is 2.48 bits per heavy atom. The van der Waals surface area contributed by atoms with Crippen LogP contribution in [-0.2, 0) is 11.3 Å². The van der Waals surface area contributed by atoms with Crippen LogP contribution in [0.25, 0.3) is 10.9 Å². The topological polar surface area (TPSA) is 70.1 Å². The molecule has 0 amide bonds. The van der Waals surface area contributed by atoms with Crippen LogP contribution < -0.4 is 11.3 Å². The maximum absolute atomic E-state index is 12.2. The fraction of sp³-hybridized carbons (Fsp3) is 0.467. The van der Waals surface area contributed by atoms with Gasteiger partial charge in [-0.2, -0.15) is 0 Å². The van der Waals surface area contributed by atoms with Crippen LogP contribution in [-0.4, -0.2) is 23.3 Å². The molecule has 0 aliphatic rings. The van der Waals surface area contributed by atoms with Crippen molar-refractivity contribution in [2.75, 3.05) is 19.5 Å². The fourth-order valence-electron chi connectivity index (χ4n) is 1.57. The largest absolute Gasteiger partial charge is 0.398 e. The summed E-state index contributed by atoms with van der Waals surface area (Å²) < 4.78 is 7.05. The van der Waals surface area contributed by atoms with Crippen LogP contribution in [0.1, 0.15) is 27.7 Å². The number of nitrogen functional groups attached to an aromatic ring is 1. The summed E-state index contributed by atoms with van der Waals surface area (Å²) in [5, 5.41) is 0.503. The van der Waals surface area contributed by atoms with Gasteiger partial charge in [-0.05, 0) is 28.1 Å². The molecule has 0 atom stereocenters. The molecule has 0 spiro atoms. The lowest BCUT2D eigenvalue weighted by Gasteiger charge is -2.07. The maximum atomic E-state index is 12.2. The molecule has 1 heterocycles. The quantitative estimate of drug-likeness (QED) is 0.854. The van der Waals surface area contributed by atoms with Crippen molar-refractivity contribution in [2.24, 2.45) is 0 Å². The van der Waals surface area contributed by atoms with Gasteiger partial charge in [-0.3, -0.25) is 9.36 Å². The van der Waals surface area contributed by atoms with E-state index in [1.807, 2.05) is 27.7 Å². The molecule has 0 saturated carbocycles. The van der Waals surface area contributed by atoms with E-state index in [1.54, 1.807) is 19.2 Å². The predicted octanol–water partition coefficient (Wildman–Crippen LogP) is 3.44. The average molecular weight is 358 g/mol. The summed E-state index contributed by atoms with van der Waals surface area (Å²) in [4.78, 5) is 16.4. The van der Waals surface area contributed by atoms with Gasteiger partial charge < -0.3 is 10.5 Å². The molecule has 2 rings (SSSR count). The van der Waals surface area contributed by atoms with Crippen molar-refractivity contribution in [2.45, 2.75) is 34.2 Å². The number of nitrogens with two attached hydrogens (primary N) is 1. The molecule has 0 aliphatic carbocycles. The summed E-state index contributed by atoms with van der Waals surface area (Å²) in [5.41, 5.74) is 6.80. The second-order valence-electron chi connectivity index (χ2n) is 3.60. The van der Waals surface area contributed by atoms with Gasteiger partial charge >= 0.3 is 0 Å². The first-order valence-electron chi connectivity index (χ1n) is 7.07. The van der Waals surface area contributed by atoms with E-state index in [9.17, 15) is 4.79 Å². The Balaban J connectivity index is 0.000000921. The lowest BCUT2D eigenvalue weighted by Crippen LogP contribution is -2.23. The van der Waals surface area contributed by atoms with Crippen molar-refractivity contribution in [3.63, 3.8) is 0 Å². The number of hydrogen-bond donors (Lipinski definition) is 1. The number of rotatable bonds is 3. The first kappa shape index (κ1) is 19.6. The molecular weight excluding hydrogens is 334 g/mol. The van der Waals surface area contributed by atoms with Crippen molar-refractivity contribution in [1.29, 1.82) is 0 Å². The minimum absolute atomic E-state index is 0.119. The highest BCUT2D eigenvalue weighted by atomic mass is 79.9. The second-order valence-corrected chi connectivity index (χ2v) is 4.39. The molecule has 118 valence electrons. The second kappa shape index (κ2) is 10.3. The van der Waals surface area contributed by atoms with Gasteiger partial charge in [0.2, 0.25) is 0 Å². The van der Waals surface area contributed by atoms with Crippen LogP contribution in [0.5, 0.6) is 0 Å². The van der Waals surface area contributed by atoms with E-state index in [2.05, 4.69) is 20.9 Å². The Labute approximate surface area is 134 Å². The summed E-state index contributed by atoms with van der Waals surface area (Å²) >= 11 is 3.32.